The van der Waals surface area contributed by atoms with Crippen molar-refractivity contribution >= 4 is 33.0 Å². The minimum atomic E-state index is -4.68. The van der Waals surface area contributed by atoms with Gasteiger partial charge in [0.15, 0.2) is 5.03 Å². The number of aromatic carboxylic acids is 1. The fourth-order valence-corrected chi connectivity index (χ4v) is 7.44. The van der Waals surface area contributed by atoms with E-state index in [-0.39, 0.29) is 33.2 Å². The highest BCUT2D eigenvalue weighted by atomic mass is 32.2. The first-order valence-electron chi connectivity index (χ1n) is 12.7. The zero-order valence-electron chi connectivity index (χ0n) is 22.4. The summed E-state index contributed by atoms with van der Waals surface area (Å²) >= 11 is 0.746. The predicted molar refractivity (Wildman–Crippen MR) is 146 cm³/mol. The quantitative estimate of drug-likeness (QED) is 0.280. The van der Waals surface area contributed by atoms with Crippen LogP contribution in [0.3, 0.4) is 0 Å². The molecule has 40 heavy (non-hydrogen) atoms. The lowest BCUT2D eigenvalue weighted by Crippen LogP contribution is -2.25. The van der Waals surface area contributed by atoms with Gasteiger partial charge in [-0.25, -0.2) is 14.2 Å². The topological polar surface area (TPSA) is 96.4 Å². The molecule has 1 aliphatic carbocycles. The molecule has 1 aliphatic rings. The number of halogens is 4. The first-order valence-corrected chi connectivity index (χ1v) is 15.1. The van der Waals surface area contributed by atoms with Gasteiger partial charge in [0.1, 0.15) is 10.8 Å². The zero-order chi connectivity index (χ0) is 29.6. The fourth-order valence-electron chi connectivity index (χ4n) is 5.19. The van der Waals surface area contributed by atoms with Crippen LogP contribution in [0.1, 0.15) is 79.4 Å². The van der Waals surface area contributed by atoms with Crippen molar-refractivity contribution in [3.63, 3.8) is 0 Å². The summed E-state index contributed by atoms with van der Waals surface area (Å²) < 4.78 is 84.7. The highest BCUT2D eigenvalue weighted by Gasteiger charge is 2.37. The number of carboxylic acids is 1. The third kappa shape index (κ3) is 6.33. The largest absolute Gasteiger partial charge is 0.478 e. The third-order valence-corrected chi connectivity index (χ3v) is 9.82. The number of anilines is 1. The molecule has 2 aromatic carbocycles. The molecule has 0 bridgehead atoms. The van der Waals surface area contributed by atoms with Crippen molar-refractivity contribution < 1.29 is 35.9 Å². The smallest absolute Gasteiger partial charge is 0.417 e. The standard InChI is InChI=1S/C28H30F4N2O4S2/c1-15-11-20(26(35)36)22(29)13-23(15)34-40(37,38)24-14-39-25(33-24)19-10-7-17(12-21(19)28(30,31)32)16-5-8-18(9-6-16)27(2,3)4/h7,10-14,16,18,34H,5-6,8-9H2,1-4H3,(H,35,36). The van der Waals surface area contributed by atoms with Crippen molar-refractivity contribution in [1.82, 2.24) is 4.98 Å². The summed E-state index contributed by atoms with van der Waals surface area (Å²) in [7, 11) is -4.41. The van der Waals surface area contributed by atoms with Crippen molar-refractivity contribution in [3.8, 4) is 10.6 Å². The average Bonchev–Trinajstić information content (AvgIpc) is 3.36. The molecule has 3 aromatic rings. The lowest BCUT2D eigenvalue weighted by atomic mass is 9.68. The number of hydrogen-bond acceptors (Lipinski definition) is 5. The maximum Gasteiger partial charge on any atom is 0.417 e. The van der Waals surface area contributed by atoms with Crippen molar-refractivity contribution in [1.29, 1.82) is 0 Å². The van der Waals surface area contributed by atoms with Crippen molar-refractivity contribution in [2.45, 2.75) is 70.5 Å². The van der Waals surface area contributed by atoms with E-state index in [9.17, 15) is 30.8 Å². The summed E-state index contributed by atoms with van der Waals surface area (Å²) in [6, 6.07) is 5.88. The molecule has 0 atom stereocenters. The van der Waals surface area contributed by atoms with Crippen LogP contribution >= 0.6 is 11.3 Å². The number of benzene rings is 2. The normalized spacial score (nSPS) is 18.5. The number of carboxylic acid groups (broad SMARTS) is 1. The van der Waals surface area contributed by atoms with Gasteiger partial charge in [-0.3, -0.25) is 4.72 Å². The summed E-state index contributed by atoms with van der Waals surface area (Å²) in [5.41, 5.74) is -1.03. The molecule has 6 nitrogen and oxygen atoms in total. The summed E-state index contributed by atoms with van der Waals surface area (Å²) in [6.07, 6.45) is -1.19. The second-order valence-electron chi connectivity index (χ2n) is 11.3. The van der Waals surface area contributed by atoms with Crippen molar-refractivity contribution in [2.75, 3.05) is 4.72 Å². The number of rotatable bonds is 6. The summed E-state index contributed by atoms with van der Waals surface area (Å²) in [4.78, 5) is 15.1. The number of nitrogens with one attached hydrogen (secondary N) is 1. The Morgan fingerprint density at radius 2 is 1.73 bits per heavy atom. The van der Waals surface area contributed by atoms with Crippen molar-refractivity contribution in [2.24, 2.45) is 11.3 Å². The molecule has 4 rings (SSSR count). The molecule has 0 aliphatic heterocycles. The monoisotopic (exact) mass is 598 g/mol. The molecule has 0 spiro atoms. The Labute approximate surface area is 234 Å². The van der Waals surface area contributed by atoms with Crippen LogP contribution in [-0.2, 0) is 16.2 Å². The van der Waals surface area contributed by atoms with Gasteiger partial charge >= 0.3 is 12.1 Å². The van der Waals surface area contributed by atoms with Crippen LogP contribution in [0.4, 0.5) is 23.2 Å². The van der Waals surface area contributed by atoms with E-state index in [0.29, 0.717) is 11.5 Å². The van der Waals surface area contributed by atoms with E-state index in [0.717, 1.165) is 60.6 Å². The number of carbonyl (C=O) groups is 1. The van der Waals surface area contributed by atoms with Gasteiger partial charge in [-0.05, 0) is 79.2 Å². The van der Waals surface area contributed by atoms with Gasteiger partial charge in [0.05, 0.1) is 16.8 Å². The molecule has 0 saturated heterocycles. The maximum absolute atomic E-state index is 14.2. The van der Waals surface area contributed by atoms with Crippen molar-refractivity contribution in [3.05, 3.63) is 63.8 Å². The molecule has 1 saturated carbocycles. The molecule has 0 radical (unpaired) electrons. The Balaban J connectivity index is 1.61. The van der Waals surface area contributed by atoms with Crippen LogP contribution in [0.25, 0.3) is 10.6 Å². The third-order valence-electron chi connectivity index (χ3n) is 7.55. The molecule has 1 fully saturated rings. The Morgan fingerprint density at radius 3 is 2.30 bits per heavy atom. The number of alkyl halides is 3. The van der Waals surface area contributed by atoms with Crippen LogP contribution in [0.15, 0.2) is 40.7 Å². The molecule has 12 heteroatoms. The van der Waals surface area contributed by atoms with E-state index in [1.54, 1.807) is 6.07 Å². The predicted octanol–water partition coefficient (Wildman–Crippen LogP) is 8.10. The molecule has 0 amide bonds. The molecule has 2 N–H and O–H groups in total. The number of aromatic nitrogens is 1. The van der Waals surface area contributed by atoms with Crippen LogP contribution in [-0.4, -0.2) is 24.5 Å². The van der Waals surface area contributed by atoms with Gasteiger partial charge in [0.25, 0.3) is 10.0 Å². The number of sulfonamides is 1. The van der Waals surface area contributed by atoms with E-state index in [1.807, 2.05) is 0 Å². The minimum absolute atomic E-state index is 0.0151. The number of aryl methyl sites for hydroxylation is 1. The van der Waals surface area contributed by atoms with E-state index < -0.39 is 44.1 Å². The highest BCUT2D eigenvalue weighted by Crippen LogP contribution is 2.45. The molecule has 216 valence electrons. The first-order chi connectivity index (χ1) is 18.5. The lowest BCUT2D eigenvalue weighted by Gasteiger charge is -2.37. The van der Waals surface area contributed by atoms with Gasteiger partial charge in [-0.15, -0.1) is 11.3 Å². The molecule has 1 heterocycles. The summed E-state index contributed by atoms with van der Waals surface area (Å²) in [6.45, 7) is 7.94. The maximum atomic E-state index is 14.2. The van der Waals surface area contributed by atoms with Gasteiger partial charge in [-0.1, -0.05) is 32.9 Å². The van der Waals surface area contributed by atoms with Crippen LogP contribution < -0.4 is 4.72 Å². The summed E-state index contributed by atoms with van der Waals surface area (Å²) in [5.74, 6) is -2.12. The second kappa shape index (κ2) is 10.8. The molecule has 0 unspecified atom stereocenters. The van der Waals surface area contributed by atoms with Crippen LogP contribution in [0, 0.1) is 24.1 Å². The highest BCUT2D eigenvalue weighted by molar-refractivity contribution is 7.92. The molecular weight excluding hydrogens is 568 g/mol. The molecular formula is C28H30F4N2O4S2. The van der Waals surface area contributed by atoms with Gasteiger partial charge in [0, 0.05) is 10.9 Å². The Morgan fingerprint density at radius 1 is 1.07 bits per heavy atom. The number of thiazole rings is 1. The minimum Gasteiger partial charge on any atom is -0.478 e. The van der Waals surface area contributed by atoms with Crippen LogP contribution in [0.2, 0.25) is 0 Å². The lowest BCUT2D eigenvalue weighted by molar-refractivity contribution is -0.137. The average molecular weight is 599 g/mol. The SMILES string of the molecule is Cc1cc(C(=O)O)c(F)cc1NS(=O)(=O)c1csc(-c2ccc(C3CCC(C(C)(C)C)CC3)cc2C(F)(F)F)n1. The van der Waals surface area contributed by atoms with E-state index in [4.69, 9.17) is 5.11 Å². The van der Waals surface area contributed by atoms with E-state index in [1.165, 1.54) is 13.0 Å². The fraction of sp³-hybridized carbons (Fsp3) is 0.429. The Bertz CT molecular complexity index is 1530. The second-order valence-corrected chi connectivity index (χ2v) is 13.8. The van der Waals surface area contributed by atoms with Crippen LogP contribution in [0.5, 0.6) is 0 Å². The summed E-state index contributed by atoms with van der Waals surface area (Å²) in [5, 5.41) is 9.49. The van der Waals surface area contributed by atoms with E-state index >= 15 is 0 Å². The number of nitrogens with zero attached hydrogens (tertiary/aromatic N) is 1. The molecule has 1 aromatic heterocycles. The van der Waals surface area contributed by atoms with Gasteiger partial charge in [-0.2, -0.15) is 21.6 Å². The van der Waals surface area contributed by atoms with E-state index in [2.05, 4.69) is 30.5 Å². The Hall–Kier alpha value is -2.99. The zero-order valence-corrected chi connectivity index (χ0v) is 24.0. The van der Waals surface area contributed by atoms with Gasteiger partial charge < -0.3 is 5.11 Å². The van der Waals surface area contributed by atoms with Gasteiger partial charge in [0.2, 0.25) is 0 Å². The number of hydrogen-bond donors (Lipinski definition) is 2. The first kappa shape index (κ1) is 30.0. The Kier molecular flexibility index (Phi) is 8.07.